The fraction of sp³-hybridized carbons (Fsp3) is 0.435. The molecule has 37 heavy (non-hydrogen) atoms. The van der Waals surface area contributed by atoms with Gasteiger partial charge in [0.15, 0.2) is 17.1 Å². The van der Waals surface area contributed by atoms with Crippen molar-refractivity contribution in [1.82, 2.24) is 9.97 Å². The second-order valence-electron chi connectivity index (χ2n) is 9.21. The predicted octanol–water partition coefficient (Wildman–Crippen LogP) is 4.61. The lowest BCUT2D eigenvalue weighted by atomic mass is 10.0. The minimum absolute atomic E-state index is 0.0172. The van der Waals surface area contributed by atoms with Crippen LogP contribution in [0.25, 0.3) is 21.8 Å². The van der Waals surface area contributed by atoms with Crippen molar-refractivity contribution in [2.24, 2.45) is 0 Å². The lowest BCUT2D eigenvalue weighted by molar-refractivity contribution is -0.0499. The largest absolute Gasteiger partial charge is 0.534 e. The van der Waals surface area contributed by atoms with Crippen molar-refractivity contribution < 1.29 is 49.6 Å². The first-order valence-corrected chi connectivity index (χ1v) is 12.3. The number of rotatable bonds is 7. The minimum atomic E-state index is -6.05. The number of aromatic amines is 1. The number of hydrogen-bond acceptors (Lipinski definition) is 9. The molecule has 0 radical (unpaired) electrons. The van der Waals surface area contributed by atoms with E-state index in [0.717, 1.165) is 6.07 Å². The molecule has 0 amide bonds. The molecule has 0 saturated carbocycles. The van der Waals surface area contributed by atoms with Gasteiger partial charge in [0.1, 0.15) is 5.60 Å². The number of nitrogens with zero attached hydrogens (tertiary/aromatic N) is 1. The summed E-state index contributed by atoms with van der Waals surface area (Å²) in [7, 11) is -4.75. The van der Waals surface area contributed by atoms with Gasteiger partial charge in [-0.1, -0.05) is 6.07 Å². The molecule has 10 nitrogen and oxygen atoms in total. The Morgan fingerprint density at radius 2 is 1.70 bits per heavy atom. The molecule has 1 aromatic carbocycles. The van der Waals surface area contributed by atoms with Gasteiger partial charge in [-0.15, -0.1) is 0 Å². The summed E-state index contributed by atoms with van der Waals surface area (Å²) < 4.78 is 83.3. The minimum Gasteiger partial charge on any atom is -0.458 e. The van der Waals surface area contributed by atoms with E-state index < -0.39 is 45.0 Å². The molecule has 0 spiro atoms. The SMILES string of the molecule is COCc1c(C(=O)OC(C)C)nc(C(=O)OC(C)(C)C)c2[nH]c3cccc(OS(=O)(=O)C(F)(F)F)c3c12. The number of benzene rings is 1. The van der Waals surface area contributed by atoms with Crippen LogP contribution < -0.4 is 4.18 Å². The zero-order valence-electron chi connectivity index (χ0n) is 20.8. The zero-order valence-corrected chi connectivity index (χ0v) is 21.6. The summed E-state index contributed by atoms with van der Waals surface area (Å²) >= 11 is 0. The first kappa shape index (κ1) is 28.2. The lowest BCUT2D eigenvalue weighted by Crippen LogP contribution is -2.28. The van der Waals surface area contributed by atoms with Crippen molar-refractivity contribution in [3.63, 3.8) is 0 Å². The Morgan fingerprint density at radius 1 is 1.05 bits per heavy atom. The van der Waals surface area contributed by atoms with Crippen LogP contribution in [-0.4, -0.2) is 54.6 Å². The standard InChI is InChI=1S/C23H25F3N2O8S/c1-11(2)34-20(29)17-12(10-33-6)15-16-13(8-7-9-14(16)36-37(31,32)23(24,25)26)27-18(15)19(28-17)21(30)35-22(3,4)5/h7-9,11,27H,10H2,1-6H3. The monoisotopic (exact) mass is 546 g/mol. The quantitative estimate of drug-likeness (QED) is 0.256. The van der Waals surface area contributed by atoms with Crippen LogP contribution in [0.1, 0.15) is 61.2 Å². The van der Waals surface area contributed by atoms with Crippen LogP contribution in [0.4, 0.5) is 13.2 Å². The molecule has 1 N–H and O–H groups in total. The average Bonchev–Trinajstić information content (AvgIpc) is 3.11. The van der Waals surface area contributed by atoms with E-state index >= 15 is 0 Å². The molecule has 202 valence electrons. The number of fused-ring (bicyclic) bond motifs is 3. The summed E-state index contributed by atoms with van der Waals surface area (Å²) in [5.74, 6) is -2.58. The summed E-state index contributed by atoms with van der Waals surface area (Å²) in [6.07, 6.45) is -0.579. The maximum absolute atomic E-state index is 13.1. The average molecular weight is 547 g/mol. The van der Waals surface area contributed by atoms with E-state index in [1.807, 2.05) is 0 Å². The lowest BCUT2D eigenvalue weighted by Gasteiger charge is -2.20. The smallest absolute Gasteiger partial charge is 0.458 e. The van der Waals surface area contributed by atoms with Crippen molar-refractivity contribution in [1.29, 1.82) is 0 Å². The number of halogens is 3. The van der Waals surface area contributed by atoms with Crippen LogP contribution in [0.2, 0.25) is 0 Å². The predicted molar refractivity (Wildman–Crippen MR) is 126 cm³/mol. The van der Waals surface area contributed by atoms with Crippen LogP contribution in [0.5, 0.6) is 5.75 Å². The third-order valence-corrected chi connectivity index (χ3v) is 5.70. The summed E-state index contributed by atoms with van der Waals surface area (Å²) in [4.78, 5) is 33.1. The molecule has 0 atom stereocenters. The number of pyridine rings is 1. The number of methoxy groups -OCH3 is 1. The molecule has 0 aliphatic heterocycles. The highest BCUT2D eigenvalue weighted by molar-refractivity contribution is 7.88. The van der Waals surface area contributed by atoms with Crippen molar-refractivity contribution in [2.45, 2.75) is 58.4 Å². The van der Waals surface area contributed by atoms with Crippen molar-refractivity contribution in [3.8, 4) is 5.75 Å². The Morgan fingerprint density at radius 3 is 2.24 bits per heavy atom. The van der Waals surface area contributed by atoms with E-state index in [9.17, 15) is 31.2 Å². The van der Waals surface area contributed by atoms with Crippen molar-refractivity contribution >= 4 is 43.9 Å². The molecule has 3 rings (SSSR count). The number of ether oxygens (including phenoxy) is 3. The fourth-order valence-electron chi connectivity index (χ4n) is 3.48. The molecule has 3 aromatic rings. The molecular formula is C23H25F3N2O8S. The van der Waals surface area contributed by atoms with Gasteiger partial charge in [0, 0.05) is 18.1 Å². The van der Waals surface area contributed by atoms with Crippen LogP contribution in [-0.2, 0) is 30.9 Å². The summed E-state index contributed by atoms with van der Waals surface area (Å²) in [5, 5.41) is -0.167. The molecule has 2 heterocycles. The van der Waals surface area contributed by atoms with E-state index in [1.165, 1.54) is 19.2 Å². The van der Waals surface area contributed by atoms with Crippen molar-refractivity contribution in [2.75, 3.05) is 7.11 Å². The van der Waals surface area contributed by atoms with Gasteiger partial charge in [-0.3, -0.25) is 0 Å². The van der Waals surface area contributed by atoms with Gasteiger partial charge in [-0.25, -0.2) is 14.6 Å². The number of H-pyrrole nitrogens is 1. The van der Waals surface area contributed by atoms with Crippen molar-refractivity contribution in [3.05, 3.63) is 35.2 Å². The van der Waals surface area contributed by atoms with Gasteiger partial charge >= 0.3 is 27.6 Å². The highest BCUT2D eigenvalue weighted by Crippen LogP contribution is 2.40. The molecule has 0 aliphatic rings. The maximum atomic E-state index is 13.1. The first-order valence-electron chi connectivity index (χ1n) is 10.9. The van der Waals surface area contributed by atoms with E-state index in [1.54, 1.807) is 34.6 Å². The first-order chi connectivity index (χ1) is 17.0. The molecule has 0 saturated heterocycles. The van der Waals surface area contributed by atoms with E-state index in [-0.39, 0.29) is 45.4 Å². The van der Waals surface area contributed by atoms with E-state index in [2.05, 4.69) is 14.2 Å². The molecular weight excluding hydrogens is 521 g/mol. The molecule has 0 aliphatic carbocycles. The van der Waals surface area contributed by atoms with Gasteiger partial charge in [-0.05, 0) is 46.8 Å². The van der Waals surface area contributed by atoms with E-state index in [0.29, 0.717) is 0 Å². The second-order valence-corrected chi connectivity index (χ2v) is 10.8. The number of esters is 2. The normalized spacial score (nSPS) is 12.8. The highest BCUT2D eigenvalue weighted by Gasteiger charge is 2.49. The third kappa shape index (κ3) is 5.80. The van der Waals surface area contributed by atoms with E-state index in [4.69, 9.17) is 14.2 Å². The van der Waals surface area contributed by atoms with Gasteiger partial charge in [-0.2, -0.15) is 21.6 Å². The van der Waals surface area contributed by atoms with Gasteiger partial charge in [0.05, 0.1) is 29.1 Å². The van der Waals surface area contributed by atoms with Crippen LogP contribution in [0.15, 0.2) is 18.2 Å². The Hall–Kier alpha value is -3.39. The summed E-state index contributed by atoms with van der Waals surface area (Å²) in [5.41, 5.74) is -7.30. The zero-order chi connectivity index (χ0) is 27.9. The Bertz CT molecular complexity index is 1470. The highest BCUT2D eigenvalue weighted by atomic mass is 32.2. The Labute approximate surface area is 210 Å². The Balaban J connectivity index is 2.47. The number of carbonyl (C=O) groups excluding carboxylic acids is 2. The molecule has 0 bridgehead atoms. The fourth-order valence-corrected chi connectivity index (χ4v) is 3.95. The van der Waals surface area contributed by atoms with Gasteiger partial charge in [0.25, 0.3) is 0 Å². The number of aromatic nitrogens is 2. The number of alkyl halides is 3. The number of carbonyl (C=O) groups is 2. The third-order valence-electron chi connectivity index (χ3n) is 4.73. The topological polar surface area (TPSA) is 134 Å². The molecule has 2 aromatic heterocycles. The molecule has 14 heteroatoms. The Kier molecular flexibility index (Phi) is 7.48. The van der Waals surface area contributed by atoms with Gasteiger partial charge < -0.3 is 23.4 Å². The molecule has 0 unspecified atom stereocenters. The molecule has 0 fully saturated rings. The second kappa shape index (κ2) is 9.82. The summed E-state index contributed by atoms with van der Waals surface area (Å²) in [6.45, 7) is 7.69. The van der Waals surface area contributed by atoms with Crippen LogP contribution >= 0.6 is 0 Å². The maximum Gasteiger partial charge on any atom is 0.534 e. The van der Waals surface area contributed by atoms with Gasteiger partial charge in [0.2, 0.25) is 0 Å². The van der Waals surface area contributed by atoms with Crippen LogP contribution in [0.3, 0.4) is 0 Å². The van der Waals surface area contributed by atoms with Crippen LogP contribution in [0, 0.1) is 0 Å². The number of nitrogens with one attached hydrogen (secondary N) is 1. The number of hydrogen-bond donors (Lipinski definition) is 1. The summed E-state index contributed by atoms with van der Waals surface area (Å²) in [6, 6.07) is 3.68.